The first-order valence-corrected chi connectivity index (χ1v) is 4.89. The molecule has 0 radical (unpaired) electrons. The van der Waals surface area contributed by atoms with E-state index in [2.05, 4.69) is 32.9 Å². The summed E-state index contributed by atoms with van der Waals surface area (Å²) in [5.41, 5.74) is 0.0363. The largest absolute Gasteiger partial charge is 0.345 e. The predicted molar refractivity (Wildman–Crippen MR) is 53.5 cm³/mol. The fourth-order valence-electron chi connectivity index (χ4n) is 1.23. The molecule has 2 nitrogen and oxygen atoms in total. The molecule has 0 aromatic rings. The predicted octanol–water partition coefficient (Wildman–Crippen LogP) is 2.74. The Morgan fingerprint density at radius 1 is 0.923 bits per heavy atom. The zero-order valence-corrected chi connectivity index (χ0v) is 9.20. The molecule has 2 heteroatoms. The number of hydrogen-bond acceptors (Lipinski definition) is 2. The summed E-state index contributed by atoms with van der Waals surface area (Å²) < 4.78 is 11.5. The molecule has 0 amide bonds. The van der Waals surface area contributed by atoms with Crippen LogP contribution in [0.4, 0.5) is 0 Å². The first kappa shape index (κ1) is 10.7. The van der Waals surface area contributed by atoms with Gasteiger partial charge in [0.25, 0.3) is 0 Å². The van der Waals surface area contributed by atoms with Crippen LogP contribution in [0.1, 0.15) is 34.6 Å². The van der Waals surface area contributed by atoms with Gasteiger partial charge in [0.1, 0.15) is 0 Å². The van der Waals surface area contributed by atoms with Crippen LogP contribution >= 0.6 is 0 Å². The monoisotopic (exact) mass is 184 g/mol. The molecule has 13 heavy (non-hydrogen) atoms. The van der Waals surface area contributed by atoms with Crippen molar-refractivity contribution in [1.82, 2.24) is 0 Å². The van der Waals surface area contributed by atoms with Crippen molar-refractivity contribution >= 4 is 0 Å². The fourth-order valence-corrected chi connectivity index (χ4v) is 1.23. The van der Waals surface area contributed by atoms with Crippen molar-refractivity contribution in [3.05, 3.63) is 12.2 Å². The summed E-state index contributed by atoms with van der Waals surface area (Å²) in [4.78, 5) is 0. The summed E-state index contributed by atoms with van der Waals surface area (Å²) in [6.07, 6.45) is 4.28. The number of ether oxygens (including phenoxy) is 2. The van der Waals surface area contributed by atoms with Gasteiger partial charge in [-0.05, 0) is 13.8 Å². The Balaban J connectivity index is 2.68. The van der Waals surface area contributed by atoms with E-state index in [4.69, 9.17) is 9.47 Å². The highest BCUT2D eigenvalue weighted by Crippen LogP contribution is 2.27. The lowest BCUT2D eigenvalue weighted by Gasteiger charge is -2.31. The molecule has 3 atom stereocenters. The molecule has 1 heterocycles. The van der Waals surface area contributed by atoms with Gasteiger partial charge >= 0.3 is 0 Å². The van der Waals surface area contributed by atoms with E-state index in [1.165, 1.54) is 0 Å². The zero-order chi connectivity index (χ0) is 10.1. The fraction of sp³-hybridized carbons (Fsp3) is 0.818. The van der Waals surface area contributed by atoms with Crippen molar-refractivity contribution in [3.8, 4) is 0 Å². The first-order valence-electron chi connectivity index (χ1n) is 4.89. The Hall–Kier alpha value is -0.340. The van der Waals surface area contributed by atoms with Gasteiger partial charge in [-0.25, -0.2) is 0 Å². The van der Waals surface area contributed by atoms with Crippen LogP contribution in [0.2, 0.25) is 0 Å². The SMILES string of the molecule is C[C@@H]1C=C[C@H](C)OC(C(C)(C)C)O1. The minimum Gasteiger partial charge on any atom is -0.345 e. The molecule has 1 aliphatic heterocycles. The zero-order valence-electron chi connectivity index (χ0n) is 9.20. The van der Waals surface area contributed by atoms with Crippen molar-refractivity contribution in [2.45, 2.75) is 53.1 Å². The van der Waals surface area contributed by atoms with E-state index in [-0.39, 0.29) is 23.9 Å². The summed E-state index contributed by atoms with van der Waals surface area (Å²) >= 11 is 0. The van der Waals surface area contributed by atoms with Gasteiger partial charge in [-0.1, -0.05) is 32.9 Å². The molecule has 0 aromatic carbocycles. The Bertz CT molecular complexity index is 177. The van der Waals surface area contributed by atoms with E-state index in [0.29, 0.717) is 0 Å². The molecule has 0 aromatic heterocycles. The molecule has 76 valence electrons. The van der Waals surface area contributed by atoms with Gasteiger partial charge in [0.2, 0.25) is 0 Å². The molecule has 0 N–H and O–H groups in total. The van der Waals surface area contributed by atoms with Gasteiger partial charge in [-0.3, -0.25) is 0 Å². The third kappa shape index (κ3) is 3.12. The summed E-state index contributed by atoms with van der Waals surface area (Å²) in [6.45, 7) is 10.5. The second-order valence-corrected chi connectivity index (χ2v) is 4.77. The second kappa shape index (κ2) is 3.81. The minimum atomic E-state index is -0.118. The average molecular weight is 184 g/mol. The molecule has 0 saturated heterocycles. The van der Waals surface area contributed by atoms with E-state index in [0.717, 1.165) is 0 Å². The van der Waals surface area contributed by atoms with E-state index >= 15 is 0 Å². The third-order valence-electron chi connectivity index (χ3n) is 2.04. The lowest BCUT2D eigenvalue weighted by atomic mass is 9.96. The maximum absolute atomic E-state index is 5.74. The Morgan fingerprint density at radius 3 is 1.62 bits per heavy atom. The smallest absolute Gasteiger partial charge is 0.163 e. The Morgan fingerprint density at radius 2 is 1.31 bits per heavy atom. The molecule has 0 spiro atoms. The number of rotatable bonds is 0. The quantitative estimate of drug-likeness (QED) is 0.539. The first-order chi connectivity index (χ1) is 5.89. The van der Waals surface area contributed by atoms with Crippen molar-refractivity contribution in [3.63, 3.8) is 0 Å². The standard InChI is InChI=1S/C11H20O2/c1-8-6-7-9(2)13-10(12-8)11(3,4)5/h6-10H,1-5H3/t8-,9+,10?. The lowest BCUT2D eigenvalue weighted by Crippen LogP contribution is -2.35. The minimum absolute atomic E-state index is 0.0363. The van der Waals surface area contributed by atoms with Crippen molar-refractivity contribution in [2.75, 3.05) is 0 Å². The topological polar surface area (TPSA) is 18.5 Å². The summed E-state index contributed by atoms with van der Waals surface area (Å²) in [5, 5.41) is 0. The number of hydrogen-bond donors (Lipinski definition) is 0. The van der Waals surface area contributed by atoms with Gasteiger partial charge in [0.15, 0.2) is 6.29 Å². The van der Waals surface area contributed by atoms with Gasteiger partial charge in [-0.15, -0.1) is 0 Å². The summed E-state index contributed by atoms with van der Waals surface area (Å²) in [6, 6.07) is 0. The van der Waals surface area contributed by atoms with E-state index < -0.39 is 0 Å². The van der Waals surface area contributed by atoms with Gasteiger partial charge in [0, 0.05) is 5.41 Å². The molecular formula is C11H20O2. The van der Waals surface area contributed by atoms with Crippen LogP contribution in [0.15, 0.2) is 12.2 Å². The van der Waals surface area contributed by atoms with Crippen molar-refractivity contribution in [2.24, 2.45) is 5.41 Å². The van der Waals surface area contributed by atoms with Crippen LogP contribution < -0.4 is 0 Å². The molecule has 0 bridgehead atoms. The molecule has 1 rings (SSSR count). The van der Waals surface area contributed by atoms with Crippen LogP contribution in [0.5, 0.6) is 0 Å². The highest BCUT2D eigenvalue weighted by atomic mass is 16.7. The molecule has 1 aliphatic rings. The maximum atomic E-state index is 5.74. The van der Waals surface area contributed by atoms with E-state index in [1.54, 1.807) is 0 Å². The van der Waals surface area contributed by atoms with E-state index in [1.807, 2.05) is 13.8 Å². The van der Waals surface area contributed by atoms with Crippen molar-refractivity contribution < 1.29 is 9.47 Å². The van der Waals surface area contributed by atoms with Crippen molar-refractivity contribution in [1.29, 1.82) is 0 Å². The highest BCUT2D eigenvalue weighted by molar-refractivity contribution is 4.95. The van der Waals surface area contributed by atoms with Gasteiger partial charge < -0.3 is 9.47 Å². The van der Waals surface area contributed by atoms with Gasteiger partial charge in [0.05, 0.1) is 12.2 Å². The summed E-state index contributed by atoms with van der Waals surface area (Å²) in [5.74, 6) is 0. The van der Waals surface area contributed by atoms with Crippen LogP contribution in [0.3, 0.4) is 0 Å². The van der Waals surface area contributed by atoms with Crippen LogP contribution in [0.25, 0.3) is 0 Å². The molecular weight excluding hydrogens is 164 g/mol. The van der Waals surface area contributed by atoms with Gasteiger partial charge in [-0.2, -0.15) is 0 Å². The molecule has 1 unspecified atom stereocenters. The van der Waals surface area contributed by atoms with Crippen LogP contribution in [-0.4, -0.2) is 18.5 Å². The lowest BCUT2D eigenvalue weighted by molar-refractivity contribution is -0.211. The Labute approximate surface area is 80.9 Å². The molecule has 0 fully saturated rings. The molecule has 0 saturated carbocycles. The average Bonchev–Trinajstić information content (AvgIpc) is 2.12. The maximum Gasteiger partial charge on any atom is 0.163 e. The van der Waals surface area contributed by atoms with Crippen LogP contribution in [-0.2, 0) is 9.47 Å². The van der Waals surface area contributed by atoms with Crippen LogP contribution in [0, 0.1) is 5.41 Å². The third-order valence-corrected chi connectivity index (χ3v) is 2.04. The normalized spacial score (nSPS) is 35.9. The summed E-state index contributed by atoms with van der Waals surface area (Å²) in [7, 11) is 0. The Kier molecular flexibility index (Phi) is 3.14. The second-order valence-electron chi connectivity index (χ2n) is 4.77. The highest BCUT2D eigenvalue weighted by Gasteiger charge is 2.30. The molecule has 0 aliphatic carbocycles. The van der Waals surface area contributed by atoms with E-state index in [9.17, 15) is 0 Å².